The first kappa shape index (κ1) is 24.5. The van der Waals surface area contributed by atoms with Crippen molar-refractivity contribution in [2.24, 2.45) is 28.6 Å². The summed E-state index contributed by atoms with van der Waals surface area (Å²) in [6.07, 6.45) is 1.35. The van der Waals surface area contributed by atoms with E-state index < -0.39 is 33.9 Å². The van der Waals surface area contributed by atoms with Crippen molar-refractivity contribution in [3.05, 3.63) is 10.6 Å². The number of thioether (sulfide) groups is 1. The van der Waals surface area contributed by atoms with Crippen molar-refractivity contribution in [2.75, 3.05) is 25.4 Å². The highest BCUT2D eigenvalue weighted by molar-refractivity contribution is 8.03. The number of sulfonamides is 1. The van der Waals surface area contributed by atoms with E-state index in [2.05, 4.69) is 5.32 Å². The van der Waals surface area contributed by atoms with Gasteiger partial charge in [0.25, 0.3) is 0 Å². The molecule has 4 heterocycles. The molecule has 0 aromatic rings. The summed E-state index contributed by atoms with van der Waals surface area (Å²) in [5.74, 6) is -3.23. The lowest BCUT2D eigenvalue weighted by Gasteiger charge is -2.47. The van der Waals surface area contributed by atoms with Gasteiger partial charge < -0.3 is 26.0 Å². The lowest BCUT2D eigenvalue weighted by atomic mass is 9.75. The first-order valence-electron chi connectivity index (χ1n) is 11.1. The van der Waals surface area contributed by atoms with E-state index in [9.17, 15) is 27.9 Å². The van der Waals surface area contributed by atoms with Crippen molar-refractivity contribution in [1.82, 2.24) is 15.1 Å². The van der Waals surface area contributed by atoms with Gasteiger partial charge in [0, 0.05) is 41.7 Å². The van der Waals surface area contributed by atoms with Crippen LogP contribution in [0, 0.1) is 17.8 Å². The molecule has 11 nitrogen and oxygen atoms in total. The summed E-state index contributed by atoms with van der Waals surface area (Å²) >= 11 is 1.40. The number of nitrogens with two attached hydrogens (primary N) is 2. The number of aliphatic carboxylic acids is 1. The lowest BCUT2D eigenvalue weighted by Crippen LogP contribution is -2.63. The number of carbonyl (C=O) groups excluding carboxylic acids is 2. The first-order chi connectivity index (χ1) is 15.4. The molecule has 7 atom stereocenters. The minimum atomic E-state index is -3.76. The number of nitrogens with one attached hydrogen (secondary N) is 1. The molecule has 4 aliphatic heterocycles. The van der Waals surface area contributed by atoms with E-state index in [4.69, 9.17) is 10.9 Å². The maximum absolute atomic E-state index is 12.8. The van der Waals surface area contributed by atoms with Crippen LogP contribution >= 0.6 is 11.8 Å². The number of amides is 2. The lowest BCUT2D eigenvalue weighted by molar-refractivity contribution is -0.159. The summed E-state index contributed by atoms with van der Waals surface area (Å²) < 4.78 is 23.1. The quantitative estimate of drug-likeness (QED) is 0.309. The molecule has 2 amide bonds. The van der Waals surface area contributed by atoms with Crippen LogP contribution in [0.1, 0.15) is 26.7 Å². The van der Waals surface area contributed by atoms with Gasteiger partial charge in [-0.05, 0) is 18.8 Å². The van der Waals surface area contributed by atoms with Crippen LogP contribution in [0.2, 0.25) is 0 Å². The van der Waals surface area contributed by atoms with Crippen molar-refractivity contribution in [1.29, 1.82) is 0 Å². The van der Waals surface area contributed by atoms with E-state index in [1.165, 1.54) is 16.7 Å². The topological polar surface area (TPSA) is 176 Å². The number of fused-ring (bicyclic) bond motifs is 1. The monoisotopic (exact) mass is 501 g/mol. The number of rotatable bonds is 7. The zero-order valence-electron chi connectivity index (χ0n) is 18.6. The van der Waals surface area contributed by atoms with Gasteiger partial charge in [0.1, 0.15) is 5.70 Å². The van der Waals surface area contributed by atoms with Gasteiger partial charge in [-0.1, -0.05) is 13.8 Å². The molecule has 0 spiro atoms. The zero-order valence-corrected chi connectivity index (χ0v) is 20.3. The van der Waals surface area contributed by atoms with E-state index >= 15 is 0 Å². The molecule has 184 valence electrons. The predicted octanol–water partition coefficient (Wildman–Crippen LogP) is -1.29. The molecule has 0 unspecified atom stereocenters. The SMILES string of the molecule is C[C@@H](CS(N)(=O)=O)[C@H]1C(=O)N2C(C(=O)O)=C(S[C@@H]3CN[C@H](C(=O)N4CC[C@H](N)C4)C3)[C@H](C)[C@H]12. The molecule has 13 heteroatoms. The smallest absolute Gasteiger partial charge is 0.353 e. The molecule has 0 aliphatic carbocycles. The highest BCUT2D eigenvalue weighted by atomic mass is 32.2. The summed E-state index contributed by atoms with van der Waals surface area (Å²) in [6, 6.07) is -0.727. The van der Waals surface area contributed by atoms with Crippen molar-refractivity contribution in [2.45, 2.75) is 50.1 Å². The Bertz CT molecular complexity index is 1000. The molecule has 33 heavy (non-hydrogen) atoms. The summed E-state index contributed by atoms with van der Waals surface area (Å²) in [5.41, 5.74) is 5.89. The average molecular weight is 502 g/mol. The van der Waals surface area contributed by atoms with Gasteiger partial charge in [0.05, 0.1) is 23.8 Å². The van der Waals surface area contributed by atoms with Gasteiger partial charge in [0.2, 0.25) is 21.8 Å². The fraction of sp³-hybridized carbons (Fsp3) is 0.750. The van der Waals surface area contributed by atoms with Gasteiger partial charge in [-0.25, -0.2) is 18.4 Å². The Morgan fingerprint density at radius 1 is 1.36 bits per heavy atom. The Hall–Kier alpha value is -1.67. The summed E-state index contributed by atoms with van der Waals surface area (Å²) in [5, 5.41) is 18.3. The first-order valence-corrected chi connectivity index (χ1v) is 13.7. The summed E-state index contributed by atoms with van der Waals surface area (Å²) in [4.78, 5) is 41.4. The van der Waals surface area contributed by atoms with Gasteiger partial charge >= 0.3 is 5.97 Å². The number of primary sulfonamides is 1. The van der Waals surface area contributed by atoms with Crippen molar-refractivity contribution >= 4 is 39.6 Å². The number of carbonyl (C=O) groups is 3. The number of likely N-dealkylation sites (tertiary alicyclic amines) is 1. The van der Waals surface area contributed by atoms with Crippen molar-refractivity contribution < 1.29 is 27.9 Å². The molecular formula is C20H31N5O6S2. The molecule has 3 saturated heterocycles. The van der Waals surface area contributed by atoms with E-state index in [0.29, 0.717) is 31.0 Å². The third kappa shape index (κ3) is 4.53. The van der Waals surface area contributed by atoms with Gasteiger partial charge in [-0.3, -0.25) is 9.59 Å². The molecule has 0 bridgehead atoms. The standard InChI is InChI=1S/C20H31N5O6S2/c1-9(8-33(22,30)31)14-15-10(2)17(16(20(28)29)25(15)19(14)27)32-12-5-13(23-6-12)18(26)24-4-3-11(21)7-24/h9-15,23H,3-8,21H2,1-2H3,(H,28,29)(H2,22,30,31)/t9-,10+,11-,12-,13-,14+,15+/m0/s1. The Morgan fingerprint density at radius 3 is 2.64 bits per heavy atom. The second-order valence-corrected chi connectivity index (χ2v) is 12.6. The van der Waals surface area contributed by atoms with E-state index in [-0.39, 0.29) is 46.5 Å². The largest absolute Gasteiger partial charge is 0.477 e. The Morgan fingerprint density at radius 2 is 2.06 bits per heavy atom. The number of hydrogen-bond acceptors (Lipinski definition) is 8. The molecule has 3 fully saturated rings. The second kappa shape index (κ2) is 8.84. The van der Waals surface area contributed by atoms with Crippen LogP contribution in [-0.2, 0) is 24.4 Å². The highest BCUT2D eigenvalue weighted by Crippen LogP contribution is 2.52. The van der Waals surface area contributed by atoms with Crippen LogP contribution in [0.3, 0.4) is 0 Å². The van der Waals surface area contributed by atoms with Crippen LogP contribution in [0.4, 0.5) is 0 Å². The van der Waals surface area contributed by atoms with E-state index in [0.717, 1.165) is 6.42 Å². The average Bonchev–Trinajstić information content (AvgIpc) is 3.39. The second-order valence-electron chi connectivity index (χ2n) is 9.61. The highest BCUT2D eigenvalue weighted by Gasteiger charge is 2.60. The maximum Gasteiger partial charge on any atom is 0.353 e. The minimum absolute atomic E-state index is 0.00908. The van der Waals surface area contributed by atoms with Gasteiger partial charge in [-0.2, -0.15) is 0 Å². The molecule has 4 aliphatic rings. The third-order valence-electron chi connectivity index (χ3n) is 7.12. The zero-order chi connectivity index (χ0) is 24.2. The van der Waals surface area contributed by atoms with Crippen LogP contribution < -0.4 is 16.2 Å². The van der Waals surface area contributed by atoms with Crippen LogP contribution in [0.15, 0.2) is 10.6 Å². The molecule has 0 aromatic heterocycles. The minimum Gasteiger partial charge on any atom is -0.477 e. The van der Waals surface area contributed by atoms with Crippen molar-refractivity contribution in [3.63, 3.8) is 0 Å². The molecule has 6 N–H and O–H groups in total. The number of nitrogens with zero attached hydrogens (tertiary/aromatic N) is 2. The van der Waals surface area contributed by atoms with Crippen LogP contribution in [0.5, 0.6) is 0 Å². The predicted molar refractivity (Wildman–Crippen MR) is 122 cm³/mol. The van der Waals surface area contributed by atoms with Gasteiger partial charge in [0.15, 0.2) is 0 Å². The molecule has 0 saturated carbocycles. The normalized spacial score (nSPS) is 35.1. The maximum atomic E-state index is 12.8. The van der Waals surface area contributed by atoms with Crippen molar-refractivity contribution in [3.8, 4) is 0 Å². The fourth-order valence-corrected chi connectivity index (χ4v) is 8.02. The number of carboxylic acids is 1. The number of hydrogen-bond donors (Lipinski definition) is 4. The van der Waals surface area contributed by atoms with E-state index in [1.807, 2.05) is 6.92 Å². The Balaban J connectivity index is 1.46. The summed E-state index contributed by atoms with van der Waals surface area (Å²) in [7, 11) is -3.76. The molecule has 4 rings (SSSR count). The number of β-lactam (4-membered cyclic amide) rings is 1. The number of carboxylic acid groups (broad SMARTS) is 1. The Labute approximate surface area is 197 Å². The molecule has 0 radical (unpaired) electrons. The van der Waals surface area contributed by atoms with Gasteiger partial charge in [-0.15, -0.1) is 11.8 Å². The Kier molecular flexibility index (Phi) is 6.55. The summed E-state index contributed by atoms with van der Waals surface area (Å²) in [6.45, 7) is 5.28. The van der Waals surface area contributed by atoms with Crippen LogP contribution in [-0.4, -0.2) is 89.9 Å². The molecule has 0 aromatic carbocycles. The fourth-order valence-electron chi connectivity index (χ4n) is 5.61. The third-order valence-corrected chi connectivity index (χ3v) is 9.62. The van der Waals surface area contributed by atoms with Crippen LogP contribution in [0.25, 0.3) is 0 Å². The van der Waals surface area contributed by atoms with E-state index in [1.54, 1.807) is 11.8 Å². The molecular weight excluding hydrogens is 470 g/mol.